The van der Waals surface area contributed by atoms with Crippen LogP contribution >= 0.6 is 0 Å². The number of nitrogens with one attached hydrogen (secondary N) is 1. The number of amides is 1. The Hall–Kier alpha value is -2.63. The molecule has 1 amide bonds. The van der Waals surface area contributed by atoms with E-state index in [0.29, 0.717) is 16.9 Å². The molecule has 1 aromatic heterocycles. The molecule has 6 nitrogen and oxygen atoms in total. The molecule has 0 spiro atoms. The molecule has 0 saturated carbocycles. The van der Waals surface area contributed by atoms with Gasteiger partial charge in [0.05, 0.1) is 0 Å². The Morgan fingerprint density at radius 2 is 1.86 bits per heavy atom. The van der Waals surface area contributed by atoms with Gasteiger partial charge in [0.2, 0.25) is 11.9 Å². The minimum atomic E-state index is -0.322. The highest BCUT2D eigenvalue weighted by molar-refractivity contribution is 5.90. The van der Waals surface area contributed by atoms with Gasteiger partial charge in [0.25, 0.3) is 5.56 Å². The zero-order chi connectivity index (χ0) is 15.6. The van der Waals surface area contributed by atoms with Crippen molar-refractivity contribution in [2.45, 2.75) is 27.3 Å². The van der Waals surface area contributed by atoms with Crippen molar-refractivity contribution in [2.75, 3.05) is 11.1 Å². The molecule has 0 bridgehead atoms. The number of aromatic nitrogens is 2. The summed E-state index contributed by atoms with van der Waals surface area (Å²) in [6.07, 6.45) is 0. The molecular weight excluding hydrogens is 268 g/mol. The van der Waals surface area contributed by atoms with Crippen LogP contribution in [-0.4, -0.2) is 15.5 Å². The molecule has 0 atom stereocenters. The molecule has 0 saturated heterocycles. The molecule has 110 valence electrons. The SMILES string of the molecule is Cc1ccc(NC(=O)Cn2c(N)nc(C)c(C)c2=O)cc1. The van der Waals surface area contributed by atoms with Crippen molar-refractivity contribution in [2.24, 2.45) is 0 Å². The first-order valence-electron chi connectivity index (χ1n) is 6.58. The number of nitrogens with two attached hydrogens (primary N) is 1. The van der Waals surface area contributed by atoms with Gasteiger partial charge in [0, 0.05) is 16.9 Å². The predicted octanol–water partition coefficient (Wildman–Crippen LogP) is 1.39. The van der Waals surface area contributed by atoms with E-state index in [1.807, 2.05) is 19.1 Å². The molecule has 2 aromatic rings. The predicted molar refractivity (Wildman–Crippen MR) is 82.2 cm³/mol. The van der Waals surface area contributed by atoms with Crippen LogP contribution in [0.15, 0.2) is 29.1 Å². The van der Waals surface area contributed by atoms with E-state index in [1.165, 1.54) is 4.57 Å². The van der Waals surface area contributed by atoms with Gasteiger partial charge in [-0.3, -0.25) is 14.2 Å². The van der Waals surface area contributed by atoms with Gasteiger partial charge in [-0.2, -0.15) is 0 Å². The zero-order valence-corrected chi connectivity index (χ0v) is 12.3. The first-order valence-corrected chi connectivity index (χ1v) is 6.58. The van der Waals surface area contributed by atoms with Crippen LogP contribution in [0.25, 0.3) is 0 Å². The average molecular weight is 286 g/mol. The van der Waals surface area contributed by atoms with Gasteiger partial charge in [-0.25, -0.2) is 4.98 Å². The van der Waals surface area contributed by atoms with Crippen LogP contribution < -0.4 is 16.6 Å². The zero-order valence-electron chi connectivity index (χ0n) is 12.3. The standard InChI is InChI=1S/C15H18N4O2/c1-9-4-6-12(7-5-9)18-13(20)8-19-14(21)10(2)11(3)17-15(19)16/h4-7H,8H2,1-3H3,(H2,16,17)(H,18,20). The van der Waals surface area contributed by atoms with Gasteiger partial charge in [0.1, 0.15) is 6.54 Å². The number of carbonyl (C=O) groups excluding carboxylic acids is 1. The fourth-order valence-corrected chi connectivity index (χ4v) is 1.91. The Labute approximate surface area is 122 Å². The monoisotopic (exact) mass is 286 g/mol. The topological polar surface area (TPSA) is 90.0 Å². The lowest BCUT2D eigenvalue weighted by Crippen LogP contribution is -2.32. The van der Waals surface area contributed by atoms with Crippen molar-refractivity contribution < 1.29 is 4.79 Å². The third-order valence-corrected chi connectivity index (χ3v) is 3.30. The molecule has 0 aliphatic heterocycles. The summed E-state index contributed by atoms with van der Waals surface area (Å²) in [6, 6.07) is 7.40. The molecule has 21 heavy (non-hydrogen) atoms. The summed E-state index contributed by atoms with van der Waals surface area (Å²) in [7, 11) is 0. The largest absolute Gasteiger partial charge is 0.369 e. The van der Waals surface area contributed by atoms with Crippen molar-refractivity contribution in [3.05, 3.63) is 51.4 Å². The van der Waals surface area contributed by atoms with E-state index in [0.717, 1.165) is 5.56 Å². The van der Waals surface area contributed by atoms with Gasteiger partial charge in [-0.05, 0) is 32.9 Å². The summed E-state index contributed by atoms with van der Waals surface area (Å²) < 4.78 is 1.17. The van der Waals surface area contributed by atoms with Gasteiger partial charge in [-0.1, -0.05) is 17.7 Å². The van der Waals surface area contributed by atoms with E-state index < -0.39 is 0 Å². The van der Waals surface area contributed by atoms with Crippen molar-refractivity contribution in [1.29, 1.82) is 0 Å². The molecule has 1 aromatic carbocycles. The summed E-state index contributed by atoms with van der Waals surface area (Å²) >= 11 is 0. The molecule has 0 unspecified atom stereocenters. The normalized spacial score (nSPS) is 10.4. The van der Waals surface area contributed by atoms with Gasteiger partial charge >= 0.3 is 0 Å². The molecule has 0 aliphatic rings. The van der Waals surface area contributed by atoms with Crippen LogP contribution in [0.2, 0.25) is 0 Å². The highest BCUT2D eigenvalue weighted by atomic mass is 16.2. The molecule has 1 heterocycles. The lowest BCUT2D eigenvalue weighted by atomic mass is 10.2. The third kappa shape index (κ3) is 3.28. The molecule has 0 fully saturated rings. The van der Waals surface area contributed by atoms with Crippen LogP contribution in [-0.2, 0) is 11.3 Å². The first kappa shape index (κ1) is 14.8. The minimum absolute atomic E-state index is 0.0437. The quantitative estimate of drug-likeness (QED) is 0.892. The Morgan fingerprint density at radius 1 is 1.24 bits per heavy atom. The van der Waals surface area contributed by atoms with Crippen molar-refractivity contribution in [3.8, 4) is 0 Å². The maximum atomic E-state index is 12.1. The number of benzene rings is 1. The highest BCUT2D eigenvalue weighted by Crippen LogP contribution is 2.09. The summed E-state index contributed by atoms with van der Waals surface area (Å²) in [5, 5.41) is 2.72. The molecule has 2 rings (SSSR count). The summed E-state index contributed by atoms with van der Waals surface area (Å²) in [4.78, 5) is 28.2. The van der Waals surface area contributed by atoms with Gasteiger partial charge < -0.3 is 11.1 Å². The van der Waals surface area contributed by atoms with E-state index in [2.05, 4.69) is 10.3 Å². The highest BCUT2D eigenvalue weighted by Gasteiger charge is 2.12. The summed E-state index contributed by atoms with van der Waals surface area (Å²) in [5.74, 6) is -0.278. The number of aryl methyl sites for hydroxylation is 2. The van der Waals surface area contributed by atoms with Crippen LogP contribution in [0.5, 0.6) is 0 Å². The van der Waals surface area contributed by atoms with Crippen LogP contribution in [0, 0.1) is 20.8 Å². The molecule has 3 N–H and O–H groups in total. The Balaban J connectivity index is 2.19. The van der Waals surface area contributed by atoms with Crippen LogP contribution in [0.1, 0.15) is 16.8 Å². The molecule has 0 radical (unpaired) electrons. The van der Waals surface area contributed by atoms with E-state index in [1.54, 1.807) is 26.0 Å². The minimum Gasteiger partial charge on any atom is -0.369 e. The number of hydrogen-bond acceptors (Lipinski definition) is 4. The molecule has 6 heteroatoms. The average Bonchev–Trinajstić information content (AvgIpc) is 2.44. The first-order chi connectivity index (χ1) is 9.88. The number of anilines is 2. The van der Waals surface area contributed by atoms with E-state index >= 15 is 0 Å². The Bertz CT molecular complexity index is 733. The summed E-state index contributed by atoms with van der Waals surface area (Å²) in [6.45, 7) is 5.18. The fraction of sp³-hybridized carbons (Fsp3) is 0.267. The Morgan fingerprint density at radius 3 is 2.48 bits per heavy atom. The number of nitrogen functional groups attached to an aromatic ring is 1. The second-order valence-electron chi connectivity index (χ2n) is 4.99. The van der Waals surface area contributed by atoms with Crippen LogP contribution in [0.4, 0.5) is 11.6 Å². The number of rotatable bonds is 3. The van der Waals surface area contributed by atoms with Crippen molar-refractivity contribution in [1.82, 2.24) is 9.55 Å². The van der Waals surface area contributed by atoms with Crippen LogP contribution in [0.3, 0.4) is 0 Å². The maximum absolute atomic E-state index is 12.1. The van der Waals surface area contributed by atoms with E-state index in [9.17, 15) is 9.59 Å². The second-order valence-corrected chi connectivity index (χ2v) is 4.99. The molecular formula is C15H18N4O2. The lowest BCUT2D eigenvalue weighted by molar-refractivity contribution is -0.116. The van der Waals surface area contributed by atoms with Crippen molar-refractivity contribution in [3.63, 3.8) is 0 Å². The Kier molecular flexibility index (Phi) is 4.07. The number of carbonyl (C=O) groups is 1. The number of nitrogens with zero attached hydrogens (tertiary/aromatic N) is 2. The summed E-state index contributed by atoms with van der Waals surface area (Å²) in [5.41, 5.74) is 8.28. The maximum Gasteiger partial charge on any atom is 0.258 e. The number of hydrogen-bond donors (Lipinski definition) is 2. The van der Waals surface area contributed by atoms with Gasteiger partial charge in [0.15, 0.2) is 0 Å². The lowest BCUT2D eigenvalue weighted by Gasteiger charge is -2.11. The smallest absolute Gasteiger partial charge is 0.258 e. The van der Waals surface area contributed by atoms with E-state index in [4.69, 9.17) is 5.73 Å². The molecule has 0 aliphatic carbocycles. The van der Waals surface area contributed by atoms with Gasteiger partial charge in [-0.15, -0.1) is 0 Å². The van der Waals surface area contributed by atoms with Crippen molar-refractivity contribution >= 4 is 17.5 Å². The van der Waals surface area contributed by atoms with E-state index in [-0.39, 0.29) is 24.0 Å². The fourth-order valence-electron chi connectivity index (χ4n) is 1.91. The second kappa shape index (κ2) is 5.78. The third-order valence-electron chi connectivity index (χ3n) is 3.30.